The summed E-state index contributed by atoms with van der Waals surface area (Å²) in [6.07, 6.45) is 1.08. The second-order valence-corrected chi connectivity index (χ2v) is 3.90. The van der Waals surface area contributed by atoms with Crippen LogP contribution in [-0.4, -0.2) is 24.2 Å². The van der Waals surface area contributed by atoms with Crippen molar-refractivity contribution in [2.45, 2.75) is 25.9 Å². The molecule has 5 nitrogen and oxygen atoms in total. The van der Waals surface area contributed by atoms with E-state index in [0.717, 1.165) is 0 Å². The van der Waals surface area contributed by atoms with Crippen LogP contribution in [-0.2, 0) is 9.53 Å². The summed E-state index contributed by atoms with van der Waals surface area (Å²) in [6.45, 7) is 1.90. The van der Waals surface area contributed by atoms with E-state index in [4.69, 9.17) is 10.5 Å². The number of benzene rings is 1. The molecule has 1 aromatic carbocycles. The summed E-state index contributed by atoms with van der Waals surface area (Å²) >= 11 is 0. The van der Waals surface area contributed by atoms with Crippen LogP contribution in [0.5, 0.6) is 5.75 Å². The number of ether oxygens (including phenoxy) is 1. The second-order valence-electron chi connectivity index (χ2n) is 3.90. The number of amides is 1. The number of methoxy groups -OCH3 is 1. The first kappa shape index (κ1) is 13.3. The highest BCUT2D eigenvalue weighted by atomic mass is 16.5. The molecule has 94 valence electrons. The molecule has 17 heavy (non-hydrogen) atoms. The number of hydrogen-bond donors (Lipinski definition) is 3. The lowest BCUT2D eigenvalue weighted by Gasteiger charge is -2.10. The molecule has 5 heteroatoms. The van der Waals surface area contributed by atoms with Crippen LogP contribution in [0.25, 0.3) is 0 Å². The lowest BCUT2D eigenvalue weighted by molar-refractivity contribution is -0.116. The lowest BCUT2D eigenvalue weighted by Crippen LogP contribution is -2.15. The van der Waals surface area contributed by atoms with Crippen LogP contribution in [0.3, 0.4) is 0 Å². The van der Waals surface area contributed by atoms with E-state index in [1.54, 1.807) is 13.2 Å². The first-order valence-corrected chi connectivity index (χ1v) is 5.44. The highest BCUT2D eigenvalue weighted by molar-refractivity contribution is 5.93. The topological polar surface area (TPSA) is 84.6 Å². The van der Waals surface area contributed by atoms with E-state index in [1.807, 2.05) is 6.92 Å². The number of hydrogen-bond acceptors (Lipinski definition) is 4. The van der Waals surface area contributed by atoms with Gasteiger partial charge in [0, 0.05) is 19.6 Å². The normalized spacial score (nSPS) is 12.1. The number of aromatic hydroxyl groups is 1. The molecule has 0 aliphatic rings. The Labute approximate surface area is 101 Å². The molecular weight excluding hydrogens is 220 g/mol. The minimum atomic E-state index is -0.119. The third-order valence-corrected chi connectivity index (χ3v) is 2.49. The van der Waals surface area contributed by atoms with Gasteiger partial charge in [-0.3, -0.25) is 4.79 Å². The van der Waals surface area contributed by atoms with Crippen molar-refractivity contribution in [3.8, 4) is 5.75 Å². The lowest BCUT2D eigenvalue weighted by atomic mass is 10.2. The van der Waals surface area contributed by atoms with E-state index < -0.39 is 0 Å². The Bertz CT molecular complexity index is 393. The maximum atomic E-state index is 11.6. The number of anilines is 2. The number of nitrogens with one attached hydrogen (secondary N) is 1. The molecule has 0 aromatic heterocycles. The van der Waals surface area contributed by atoms with Gasteiger partial charge in [0.25, 0.3) is 0 Å². The molecule has 0 saturated carbocycles. The number of rotatable bonds is 5. The second kappa shape index (κ2) is 6.10. The Morgan fingerprint density at radius 2 is 2.29 bits per heavy atom. The number of phenols is 1. The highest BCUT2D eigenvalue weighted by Crippen LogP contribution is 2.23. The van der Waals surface area contributed by atoms with Gasteiger partial charge >= 0.3 is 0 Å². The van der Waals surface area contributed by atoms with Crippen molar-refractivity contribution in [2.75, 3.05) is 18.2 Å². The molecule has 0 heterocycles. The van der Waals surface area contributed by atoms with Crippen molar-refractivity contribution in [3.05, 3.63) is 18.2 Å². The fourth-order valence-corrected chi connectivity index (χ4v) is 1.33. The first-order valence-electron chi connectivity index (χ1n) is 5.44. The summed E-state index contributed by atoms with van der Waals surface area (Å²) in [5.74, 6) is -0.0419. The van der Waals surface area contributed by atoms with E-state index in [1.165, 1.54) is 12.1 Å². The van der Waals surface area contributed by atoms with Gasteiger partial charge in [-0.25, -0.2) is 0 Å². The van der Waals surface area contributed by atoms with E-state index in [-0.39, 0.29) is 17.8 Å². The summed E-state index contributed by atoms with van der Waals surface area (Å²) in [5.41, 5.74) is 6.51. The molecule has 4 N–H and O–H groups in total. The van der Waals surface area contributed by atoms with Gasteiger partial charge in [0.05, 0.1) is 17.5 Å². The van der Waals surface area contributed by atoms with Crippen molar-refractivity contribution < 1.29 is 14.6 Å². The van der Waals surface area contributed by atoms with E-state index in [0.29, 0.717) is 24.2 Å². The molecule has 0 aliphatic heterocycles. The smallest absolute Gasteiger partial charge is 0.224 e. The van der Waals surface area contributed by atoms with Crippen LogP contribution in [0.15, 0.2) is 18.2 Å². The van der Waals surface area contributed by atoms with Crippen LogP contribution in [0.1, 0.15) is 19.8 Å². The van der Waals surface area contributed by atoms with Gasteiger partial charge < -0.3 is 20.9 Å². The van der Waals surface area contributed by atoms with Gasteiger partial charge in [0.15, 0.2) is 0 Å². The molecule has 0 radical (unpaired) electrons. The Hall–Kier alpha value is -1.75. The summed E-state index contributed by atoms with van der Waals surface area (Å²) in [5, 5.41) is 11.9. The predicted molar refractivity (Wildman–Crippen MR) is 66.9 cm³/mol. The third-order valence-electron chi connectivity index (χ3n) is 2.49. The van der Waals surface area contributed by atoms with Crippen molar-refractivity contribution in [3.63, 3.8) is 0 Å². The van der Waals surface area contributed by atoms with Crippen LogP contribution in [0, 0.1) is 0 Å². The third kappa shape index (κ3) is 4.32. The predicted octanol–water partition coefficient (Wildman–Crippen LogP) is 1.73. The monoisotopic (exact) mass is 238 g/mol. The standard InChI is InChI=1S/C12H18N2O3/c1-8(17-2)3-6-12(16)14-11-5-4-9(15)7-10(11)13/h4-5,7-8,15H,3,6,13H2,1-2H3,(H,14,16). The minimum Gasteiger partial charge on any atom is -0.508 e. The summed E-state index contributed by atoms with van der Waals surface area (Å²) < 4.78 is 5.05. The van der Waals surface area contributed by atoms with Gasteiger partial charge in [0.1, 0.15) is 5.75 Å². The number of carbonyl (C=O) groups is 1. The Balaban J connectivity index is 2.50. The van der Waals surface area contributed by atoms with Gasteiger partial charge in [-0.2, -0.15) is 0 Å². The molecule has 0 aliphatic carbocycles. The quantitative estimate of drug-likeness (QED) is 0.538. The summed E-state index contributed by atoms with van der Waals surface area (Å²) in [7, 11) is 1.61. The number of carbonyl (C=O) groups excluding carboxylic acids is 1. The van der Waals surface area contributed by atoms with Crippen molar-refractivity contribution in [1.29, 1.82) is 0 Å². The number of nitrogens with two attached hydrogens (primary N) is 1. The SMILES string of the molecule is COC(C)CCC(=O)Nc1ccc(O)cc1N. The summed E-state index contributed by atoms with van der Waals surface area (Å²) in [6, 6.07) is 4.44. The van der Waals surface area contributed by atoms with Crippen LogP contribution in [0.2, 0.25) is 0 Å². The Morgan fingerprint density at radius 3 is 2.88 bits per heavy atom. The maximum Gasteiger partial charge on any atom is 0.224 e. The van der Waals surface area contributed by atoms with E-state index >= 15 is 0 Å². The Kier molecular flexibility index (Phi) is 4.78. The molecule has 0 bridgehead atoms. The maximum absolute atomic E-state index is 11.6. The first-order chi connectivity index (χ1) is 8.02. The van der Waals surface area contributed by atoms with Gasteiger partial charge in [-0.15, -0.1) is 0 Å². The Morgan fingerprint density at radius 1 is 1.59 bits per heavy atom. The number of phenolic OH excluding ortho intramolecular Hbond substituents is 1. The number of nitrogen functional groups attached to an aromatic ring is 1. The van der Waals surface area contributed by atoms with E-state index in [9.17, 15) is 9.90 Å². The zero-order valence-electron chi connectivity index (χ0n) is 10.1. The van der Waals surface area contributed by atoms with Crippen molar-refractivity contribution in [1.82, 2.24) is 0 Å². The average molecular weight is 238 g/mol. The molecule has 0 fully saturated rings. The fraction of sp³-hybridized carbons (Fsp3) is 0.417. The van der Waals surface area contributed by atoms with Crippen molar-refractivity contribution in [2.24, 2.45) is 0 Å². The van der Waals surface area contributed by atoms with Crippen LogP contribution in [0.4, 0.5) is 11.4 Å². The minimum absolute atomic E-state index is 0.0536. The fourth-order valence-electron chi connectivity index (χ4n) is 1.33. The summed E-state index contributed by atoms with van der Waals surface area (Å²) in [4.78, 5) is 11.6. The van der Waals surface area contributed by atoms with Gasteiger partial charge in [-0.05, 0) is 25.5 Å². The molecule has 1 atom stereocenters. The van der Waals surface area contributed by atoms with Gasteiger partial charge in [-0.1, -0.05) is 0 Å². The zero-order chi connectivity index (χ0) is 12.8. The molecule has 0 saturated heterocycles. The van der Waals surface area contributed by atoms with Crippen LogP contribution < -0.4 is 11.1 Å². The largest absolute Gasteiger partial charge is 0.508 e. The van der Waals surface area contributed by atoms with Crippen molar-refractivity contribution >= 4 is 17.3 Å². The van der Waals surface area contributed by atoms with Gasteiger partial charge in [0.2, 0.25) is 5.91 Å². The zero-order valence-corrected chi connectivity index (χ0v) is 10.1. The molecule has 1 rings (SSSR count). The van der Waals surface area contributed by atoms with Crippen LogP contribution >= 0.6 is 0 Å². The highest BCUT2D eigenvalue weighted by Gasteiger charge is 2.08. The molecule has 0 spiro atoms. The molecule has 1 amide bonds. The molecule has 1 unspecified atom stereocenters. The van der Waals surface area contributed by atoms with E-state index in [2.05, 4.69) is 5.32 Å². The average Bonchev–Trinajstić information content (AvgIpc) is 2.29. The molecular formula is C12H18N2O3. The molecule has 1 aromatic rings.